The van der Waals surface area contributed by atoms with E-state index in [4.69, 9.17) is 13.6 Å². The largest absolute Gasteiger partial charge is 0.469 e. The summed E-state index contributed by atoms with van der Waals surface area (Å²) in [5.41, 5.74) is 0.558. The Morgan fingerprint density at radius 2 is 2.28 bits per heavy atom. The van der Waals surface area contributed by atoms with Crippen LogP contribution in [0.5, 0.6) is 0 Å². The zero-order valence-corrected chi connectivity index (χ0v) is 10.4. The third kappa shape index (κ3) is 2.80. The van der Waals surface area contributed by atoms with Gasteiger partial charge in [0.05, 0.1) is 18.6 Å². The number of carbonyl (C=O) groups is 1. The van der Waals surface area contributed by atoms with E-state index in [-0.39, 0.29) is 5.76 Å². The van der Waals surface area contributed by atoms with Gasteiger partial charge in [0.25, 0.3) is 0 Å². The Hall–Kier alpha value is -2.04. The maximum absolute atomic E-state index is 11.5. The Morgan fingerprint density at radius 3 is 2.94 bits per heavy atom. The van der Waals surface area contributed by atoms with Crippen molar-refractivity contribution in [1.82, 2.24) is 4.98 Å². The second-order valence-corrected chi connectivity index (χ2v) is 3.82. The Bertz CT molecular complexity index is 513. The van der Waals surface area contributed by atoms with Crippen LogP contribution < -0.4 is 0 Å². The molecule has 0 saturated carbocycles. The lowest BCUT2D eigenvalue weighted by molar-refractivity contribution is 0.0487. The first-order valence-corrected chi connectivity index (χ1v) is 5.86. The molecule has 0 fully saturated rings. The molecule has 0 N–H and O–H groups in total. The summed E-state index contributed by atoms with van der Waals surface area (Å²) in [7, 11) is 0. The molecule has 2 aromatic rings. The van der Waals surface area contributed by atoms with Crippen LogP contribution in [0.4, 0.5) is 0 Å². The minimum Gasteiger partial charge on any atom is -0.469 e. The van der Waals surface area contributed by atoms with E-state index in [9.17, 15) is 4.79 Å². The van der Waals surface area contributed by atoms with Gasteiger partial charge in [-0.1, -0.05) is 0 Å². The van der Waals surface area contributed by atoms with Gasteiger partial charge in [-0.25, -0.2) is 9.78 Å². The van der Waals surface area contributed by atoms with Crippen molar-refractivity contribution in [3.63, 3.8) is 0 Å². The van der Waals surface area contributed by atoms with E-state index in [1.165, 1.54) is 0 Å². The summed E-state index contributed by atoms with van der Waals surface area (Å²) >= 11 is 0. The molecule has 0 saturated heterocycles. The van der Waals surface area contributed by atoms with Gasteiger partial charge >= 0.3 is 5.97 Å². The molecule has 0 radical (unpaired) electrons. The fourth-order valence-electron chi connectivity index (χ4n) is 1.63. The van der Waals surface area contributed by atoms with Crippen molar-refractivity contribution in [2.24, 2.45) is 0 Å². The van der Waals surface area contributed by atoms with Crippen LogP contribution in [-0.2, 0) is 17.6 Å². The summed E-state index contributed by atoms with van der Waals surface area (Å²) in [6.45, 7) is 3.80. The summed E-state index contributed by atoms with van der Waals surface area (Å²) < 4.78 is 15.5. The third-order valence-electron chi connectivity index (χ3n) is 2.47. The lowest BCUT2D eigenvalue weighted by Crippen LogP contribution is -2.04. The van der Waals surface area contributed by atoms with Gasteiger partial charge < -0.3 is 13.6 Å². The number of ether oxygens (including phenoxy) is 1. The van der Waals surface area contributed by atoms with E-state index in [1.807, 2.05) is 12.1 Å². The van der Waals surface area contributed by atoms with Crippen LogP contribution in [0.25, 0.3) is 0 Å². The Balaban J connectivity index is 2.02. The minimum absolute atomic E-state index is 0.186. The van der Waals surface area contributed by atoms with Crippen LogP contribution in [0, 0.1) is 6.92 Å². The monoisotopic (exact) mass is 249 g/mol. The Labute approximate surface area is 105 Å². The number of nitrogens with zero attached hydrogens (tertiary/aromatic N) is 1. The molecule has 5 nitrogen and oxygen atoms in total. The topological polar surface area (TPSA) is 65.5 Å². The van der Waals surface area contributed by atoms with E-state index in [0.717, 1.165) is 5.76 Å². The van der Waals surface area contributed by atoms with Crippen LogP contribution in [0.3, 0.4) is 0 Å². The molecule has 0 spiro atoms. The first kappa shape index (κ1) is 12.4. The highest BCUT2D eigenvalue weighted by atomic mass is 16.5. The highest BCUT2D eigenvalue weighted by Gasteiger charge is 2.18. The zero-order valence-electron chi connectivity index (χ0n) is 10.4. The number of carbonyl (C=O) groups excluding carboxylic acids is 1. The molecular formula is C13H15NO4. The summed E-state index contributed by atoms with van der Waals surface area (Å²) in [6, 6.07) is 3.72. The Kier molecular flexibility index (Phi) is 3.82. The lowest BCUT2D eigenvalue weighted by atomic mass is 10.2. The average molecular weight is 249 g/mol. The van der Waals surface area contributed by atoms with Crippen LogP contribution in [-0.4, -0.2) is 17.6 Å². The molecule has 0 atom stereocenters. The van der Waals surface area contributed by atoms with E-state index in [0.29, 0.717) is 31.0 Å². The second kappa shape index (κ2) is 5.53. The van der Waals surface area contributed by atoms with Crippen molar-refractivity contribution in [2.75, 3.05) is 6.61 Å². The van der Waals surface area contributed by atoms with Gasteiger partial charge in [-0.2, -0.15) is 0 Å². The van der Waals surface area contributed by atoms with E-state index < -0.39 is 5.97 Å². The van der Waals surface area contributed by atoms with Gasteiger partial charge in [0.2, 0.25) is 5.76 Å². The van der Waals surface area contributed by atoms with Crippen molar-refractivity contribution in [3.8, 4) is 0 Å². The number of aryl methyl sites for hydroxylation is 3. The van der Waals surface area contributed by atoms with Crippen molar-refractivity contribution < 1.29 is 18.4 Å². The zero-order chi connectivity index (χ0) is 13.0. The van der Waals surface area contributed by atoms with Crippen LogP contribution >= 0.6 is 0 Å². The maximum Gasteiger partial charge on any atom is 0.376 e. The van der Waals surface area contributed by atoms with Crippen LogP contribution in [0.1, 0.15) is 34.8 Å². The molecule has 0 aliphatic carbocycles. The molecule has 0 aliphatic heterocycles. The fourth-order valence-corrected chi connectivity index (χ4v) is 1.63. The van der Waals surface area contributed by atoms with Gasteiger partial charge in [0.15, 0.2) is 5.89 Å². The summed E-state index contributed by atoms with van der Waals surface area (Å²) in [6.07, 6.45) is 2.91. The summed E-state index contributed by atoms with van der Waals surface area (Å²) in [5, 5.41) is 0. The number of hydrogen-bond donors (Lipinski definition) is 0. The molecule has 96 valence electrons. The van der Waals surface area contributed by atoms with Crippen LogP contribution in [0.15, 0.2) is 27.2 Å². The Morgan fingerprint density at radius 1 is 1.44 bits per heavy atom. The standard InChI is InChI=1S/C13H15NO4/c1-3-16-13(15)12-9(2)14-11(18-12)7-6-10-5-4-8-17-10/h4-5,8H,3,6-7H2,1-2H3. The molecule has 0 bridgehead atoms. The average Bonchev–Trinajstić information content (AvgIpc) is 2.96. The first-order chi connectivity index (χ1) is 8.70. The van der Waals surface area contributed by atoms with Crippen molar-refractivity contribution in [3.05, 3.63) is 41.5 Å². The number of rotatable bonds is 5. The third-order valence-corrected chi connectivity index (χ3v) is 2.47. The smallest absolute Gasteiger partial charge is 0.376 e. The molecule has 18 heavy (non-hydrogen) atoms. The molecule has 2 heterocycles. The van der Waals surface area contributed by atoms with Crippen molar-refractivity contribution in [2.45, 2.75) is 26.7 Å². The molecule has 2 rings (SSSR count). The lowest BCUT2D eigenvalue weighted by Gasteiger charge is -1.97. The second-order valence-electron chi connectivity index (χ2n) is 3.82. The van der Waals surface area contributed by atoms with Crippen molar-refractivity contribution >= 4 is 5.97 Å². The van der Waals surface area contributed by atoms with Gasteiger partial charge in [0, 0.05) is 12.8 Å². The molecule has 0 aromatic carbocycles. The molecule has 2 aromatic heterocycles. The highest BCUT2D eigenvalue weighted by Crippen LogP contribution is 2.14. The number of furan rings is 1. The van der Waals surface area contributed by atoms with E-state index >= 15 is 0 Å². The molecule has 0 unspecified atom stereocenters. The number of esters is 1. The maximum atomic E-state index is 11.5. The number of oxazole rings is 1. The van der Waals surface area contributed by atoms with E-state index in [1.54, 1.807) is 20.1 Å². The highest BCUT2D eigenvalue weighted by molar-refractivity contribution is 5.87. The van der Waals surface area contributed by atoms with Gasteiger partial charge in [-0.15, -0.1) is 0 Å². The summed E-state index contributed by atoms with van der Waals surface area (Å²) in [5.74, 6) is 1.11. The van der Waals surface area contributed by atoms with Crippen LogP contribution in [0.2, 0.25) is 0 Å². The first-order valence-electron chi connectivity index (χ1n) is 5.86. The minimum atomic E-state index is -0.466. The predicted octanol–water partition coefficient (Wildman–Crippen LogP) is 2.54. The molecule has 5 heteroatoms. The molecular weight excluding hydrogens is 234 g/mol. The molecule has 0 amide bonds. The van der Waals surface area contributed by atoms with Gasteiger partial charge in [-0.05, 0) is 26.0 Å². The number of hydrogen-bond acceptors (Lipinski definition) is 5. The molecule has 0 aliphatic rings. The number of aromatic nitrogens is 1. The summed E-state index contributed by atoms with van der Waals surface area (Å²) in [4.78, 5) is 15.7. The van der Waals surface area contributed by atoms with Gasteiger partial charge in [-0.3, -0.25) is 0 Å². The van der Waals surface area contributed by atoms with Gasteiger partial charge in [0.1, 0.15) is 5.76 Å². The van der Waals surface area contributed by atoms with E-state index in [2.05, 4.69) is 4.98 Å². The normalized spacial score (nSPS) is 10.6. The fraction of sp³-hybridized carbons (Fsp3) is 0.385. The predicted molar refractivity (Wildman–Crippen MR) is 63.3 cm³/mol. The van der Waals surface area contributed by atoms with Crippen molar-refractivity contribution in [1.29, 1.82) is 0 Å². The SMILES string of the molecule is CCOC(=O)c1oc(CCc2ccco2)nc1C. The quantitative estimate of drug-likeness (QED) is 0.762.